The van der Waals surface area contributed by atoms with Crippen molar-refractivity contribution in [1.29, 1.82) is 0 Å². The SMILES string of the molecule is COc1ccc(CCNc2nc(N)c3ncc(-c4ccco4)nc3n2)cc1OC. The van der Waals surface area contributed by atoms with Gasteiger partial charge < -0.3 is 24.9 Å². The minimum absolute atomic E-state index is 0.266. The molecular formula is C20H20N6O3. The first-order valence-electron chi connectivity index (χ1n) is 8.97. The number of nitrogens with one attached hydrogen (secondary N) is 1. The summed E-state index contributed by atoms with van der Waals surface area (Å²) in [6.07, 6.45) is 3.90. The molecule has 0 aliphatic rings. The fraction of sp³-hybridized carbons (Fsp3) is 0.200. The number of nitrogens with zero attached hydrogens (tertiary/aromatic N) is 4. The van der Waals surface area contributed by atoms with E-state index in [1.54, 1.807) is 32.7 Å². The number of nitrogens with two attached hydrogens (primary N) is 1. The first-order valence-corrected chi connectivity index (χ1v) is 8.97. The number of anilines is 2. The van der Waals surface area contributed by atoms with E-state index in [1.165, 1.54) is 0 Å². The van der Waals surface area contributed by atoms with Gasteiger partial charge in [-0.25, -0.2) is 9.97 Å². The standard InChI is InChI=1S/C20H20N6O3/c1-27-15-6-5-12(10-16(15)28-2)7-8-22-20-25-18(21)17-19(26-20)24-13(11-23-17)14-4-3-9-29-14/h3-6,9-11H,7-8H2,1-2H3,(H3,21,22,24,25,26). The Balaban J connectivity index is 1.50. The van der Waals surface area contributed by atoms with Crippen LogP contribution >= 0.6 is 0 Å². The van der Waals surface area contributed by atoms with Crippen LogP contribution in [0.4, 0.5) is 11.8 Å². The van der Waals surface area contributed by atoms with Gasteiger partial charge in [0, 0.05) is 6.54 Å². The molecule has 0 radical (unpaired) electrons. The first kappa shape index (κ1) is 18.5. The Morgan fingerprint density at radius 2 is 1.93 bits per heavy atom. The molecule has 0 amide bonds. The van der Waals surface area contributed by atoms with Crippen molar-refractivity contribution < 1.29 is 13.9 Å². The highest BCUT2D eigenvalue weighted by atomic mass is 16.5. The zero-order valence-electron chi connectivity index (χ0n) is 16.0. The van der Waals surface area contributed by atoms with Gasteiger partial charge in [-0.3, -0.25) is 0 Å². The van der Waals surface area contributed by atoms with Gasteiger partial charge in [-0.15, -0.1) is 0 Å². The van der Waals surface area contributed by atoms with Crippen molar-refractivity contribution in [3.8, 4) is 23.0 Å². The van der Waals surface area contributed by atoms with Crippen LogP contribution in [0.2, 0.25) is 0 Å². The summed E-state index contributed by atoms with van der Waals surface area (Å²) >= 11 is 0. The predicted octanol–water partition coefficient (Wildman–Crippen LogP) is 2.93. The molecule has 0 atom stereocenters. The maximum absolute atomic E-state index is 6.03. The summed E-state index contributed by atoms with van der Waals surface area (Å²) < 4.78 is 16.0. The predicted molar refractivity (Wildman–Crippen MR) is 109 cm³/mol. The van der Waals surface area contributed by atoms with Crippen LogP contribution in [0, 0.1) is 0 Å². The third-order valence-corrected chi connectivity index (χ3v) is 4.35. The molecule has 9 heteroatoms. The molecule has 0 spiro atoms. The first-order chi connectivity index (χ1) is 14.2. The molecule has 9 nitrogen and oxygen atoms in total. The second-order valence-electron chi connectivity index (χ2n) is 6.20. The fourth-order valence-corrected chi connectivity index (χ4v) is 2.91. The summed E-state index contributed by atoms with van der Waals surface area (Å²) in [5.41, 5.74) is 8.55. The van der Waals surface area contributed by atoms with Gasteiger partial charge in [0.1, 0.15) is 11.2 Å². The molecule has 0 aliphatic heterocycles. The minimum Gasteiger partial charge on any atom is -0.493 e. The van der Waals surface area contributed by atoms with E-state index in [2.05, 4.69) is 25.3 Å². The maximum atomic E-state index is 6.03. The summed E-state index contributed by atoms with van der Waals surface area (Å²) in [7, 11) is 3.23. The monoisotopic (exact) mass is 392 g/mol. The van der Waals surface area contributed by atoms with E-state index in [0.717, 1.165) is 12.0 Å². The number of furan rings is 1. The molecule has 0 saturated heterocycles. The molecule has 0 saturated carbocycles. The van der Waals surface area contributed by atoms with Crippen molar-refractivity contribution in [1.82, 2.24) is 19.9 Å². The highest BCUT2D eigenvalue weighted by Gasteiger charge is 2.11. The summed E-state index contributed by atoms with van der Waals surface area (Å²) in [6.45, 7) is 0.603. The number of nitrogen functional groups attached to an aromatic ring is 1. The quantitative estimate of drug-likeness (QED) is 0.489. The van der Waals surface area contributed by atoms with E-state index < -0.39 is 0 Å². The van der Waals surface area contributed by atoms with Gasteiger partial charge in [0.05, 0.1) is 26.7 Å². The molecule has 3 N–H and O–H groups in total. The molecule has 3 heterocycles. The summed E-state index contributed by atoms with van der Waals surface area (Å²) in [5, 5.41) is 3.18. The molecule has 29 heavy (non-hydrogen) atoms. The number of ether oxygens (including phenoxy) is 2. The van der Waals surface area contributed by atoms with E-state index in [-0.39, 0.29) is 5.82 Å². The van der Waals surface area contributed by atoms with Gasteiger partial charge >= 0.3 is 0 Å². The third-order valence-electron chi connectivity index (χ3n) is 4.35. The van der Waals surface area contributed by atoms with E-state index >= 15 is 0 Å². The molecule has 1 aromatic carbocycles. The maximum Gasteiger partial charge on any atom is 0.226 e. The van der Waals surface area contributed by atoms with Crippen molar-refractivity contribution in [3.05, 3.63) is 48.4 Å². The van der Waals surface area contributed by atoms with Crippen LogP contribution in [0.3, 0.4) is 0 Å². The van der Waals surface area contributed by atoms with Crippen LogP contribution in [0.5, 0.6) is 11.5 Å². The average molecular weight is 392 g/mol. The highest BCUT2D eigenvalue weighted by Crippen LogP contribution is 2.27. The Kier molecular flexibility index (Phi) is 5.10. The Hall–Kier alpha value is -3.88. The number of methoxy groups -OCH3 is 2. The number of fused-ring (bicyclic) bond motifs is 1. The van der Waals surface area contributed by atoms with Gasteiger partial charge in [-0.05, 0) is 36.2 Å². The zero-order chi connectivity index (χ0) is 20.2. The van der Waals surface area contributed by atoms with Crippen molar-refractivity contribution in [2.24, 2.45) is 0 Å². The van der Waals surface area contributed by atoms with Crippen LogP contribution in [-0.2, 0) is 6.42 Å². The third kappa shape index (κ3) is 3.88. The van der Waals surface area contributed by atoms with E-state index in [1.807, 2.05) is 24.3 Å². The molecule has 0 unspecified atom stereocenters. The van der Waals surface area contributed by atoms with Gasteiger partial charge in [-0.1, -0.05) is 6.07 Å². The Labute approximate surface area is 166 Å². The van der Waals surface area contributed by atoms with Crippen molar-refractivity contribution >= 4 is 22.9 Å². The van der Waals surface area contributed by atoms with Gasteiger partial charge in [0.15, 0.2) is 28.7 Å². The lowest BCUT2D eigenvalue weighted by atomic mass is 10.1. The molecule has 0 bridgehead atoms. The second-order valence-corrected chi connectivity index (χ2v) is 6.20. The number of aromatic nitrogens is 4. The highest BCUT2D eigenvalue weighted by molar-refractivity contribution is 5.83. The zero-order valence-corrected chi connectivity index (χ0v) is 16.0. The molecule has 148 valence electrons. The molecule has 0 fully saturated rings. The minimum atomic E-state index is 0.266. The molecule has 4 aromatic rings. The lowest BCUT2D eigenvalue weighted by molar-refractivity contribution is 0.354. The van der Waals surface area contributed by atoms with Gasteiger partial charge in [0.25, 0.3) is 0 Å². The van der Waals surface area contributed by atoms with Gasteiger partial charge in [-0.2, -0.15) is 9.97 Å². The Morgan fingerprint density at radius 1 is 1.07 bits per heavy atom. The number of rotatable bonds is 7. The topological polar surface area (TPSA) is 121 Å². The molecular weight excluding hydrogens is 372 g/mol. The Bertz CT molecular complexity index is 1130. The summed E-state index contributed by atoms with van der Waals surface area (Å²) in [6, 6.07) is 9.40. The number of hydrogen-bond donors (Lipinski definition) is 2. The number of hydrogen-bond acceptors (Lipinski definition) is 9. The fourth-order valence-electron chi connectivity index (χ4n) is 2.91. The smallest absolute Gasteiger partial charge is 0.226 e. The second kappa shape index (κ2) is 8.01. The molecule has 4 rings (SSSR count). The lowest BCUT2D eigenvalue weighted by Gasteiger charge is -2.10. The van der Waals surface area contributed by atoms with Crippen molar-refractivity contribution in [2.75, 3.05) is 31.8 Å². The van der Waals surface area contributed by atoms with E-state index in [4.69, 9.17) is 19.6 Å². The summed E-state index contributed by atoms with van der Waals surface area (Å²) in [4.78, 5) is 17.5. The number of benzene rings is 1. The van der Waals surface area contributed by atoms with Crippen molar-refractivity contribution in [2.45, 2.75) is 6.42 Å². The van der Waals surface area contributed by atoms with Crippen LogP contribution in [-0.4, -0.2) is 40.7 Å². The van der Waals surface area contributed by atoms with Crippen LogP contribution in [0.1, 0.15) is 5.56 Å². The average Bonchev–Trinajstić information content (AvgIpc) is 3.28. The van der Waals surface area contributed by atoms with Crippen LogP contribution < -0.4 is 20.5 Å². The van der Waals surface area contributed by atoms with Crippen LogP contribution in [0.15, 0.2) is 47.2 Å². The van der Waals surface area contributed by atoms with Crippen LogP contribution in [0.25, 0.3) is 22.6 Å². The van der Waals surface area contributed by atoms with Crippen molar-refractivity contribution in [3.63, 3.8) is 0 Å². The van der Waals surface area contributed by atoms with E-state index in [0.29, 0.717) is 46.6 Å². The summed E-state index contributed by atoms with van der Waals surface area (Å²) in [5.74, 6) is 2.65. The van der Waals surface area contributed by atoms with Gasteiger partial charge in [0.2, 0.25) is 5.95 Å². The lowest BCUT2D eigenvalue weighted by Crippen LogP contribution is -2.10. The molecule has 3 aromatic heterocycles. The molecule has 0 aliphatic carbocycles. The largest absolute Gasteiger partial charge is 0.493 e. The Morgan fingerprint density at radius 3 is 2.69 bits per heavy atom. The van der Waals surface area contributed by atoms with E-state index in [9.17, 15) is 0 Å². The normalized spacial score (nSPS) is 10.8.